The molecule has 1 atom stereocenters. The first-order valence-electron chi connectivity index (χ1n) is 4.97. The van der Waals surface area contributed by atoms with E-state index in [1.165, 1.54) is 0 Å². The summed E-state index contributed by atoms with van der Waals surface area (Å²) >= 11 is 8.98. The van der Waals surface area contributed by atoms with Gasteiger partial charge in [0.2, 0.25) is 0 Å². The van der Waals surface area contributed by atoms with Crippen LogP contribution >= 0.6 is 27.5 Å². The van der Waals surface area contributed by atoms with E-state index in [1.54, 1.807) is 12.1 Å². The summed E-state index contributed by atoms with van der Waals surface area (Å²) < 4.78 is 11.4. The predicted octanol–water partition coefficient (Wildman–Crippen LogP) is 3.81. The molecule has 1 N–H and O–H groups in total. The van der Waals surface area contributed by atoms with Crippen molar-refractivity contribution in [1.82, 2.24) is 0 Å². The Morgan fingerprint density at radius 2 is 2.06 bits per heavy atom. The van der Waals surface area contributed by atoms with Crippen LogP contribution in [0.5, 0.6) is 5.75 Å². The van der Waals surface area contributed by atoms with Crippen molar-refractivity contribution in [3.63, 3.8) is 0 Å². The number of hydrogen-bond acceptors (Lipinski definition) is 3. The van der Waals surface area contributed by atoms with Crippen LogP contribution < -0.4 is 4.74 Å². The zero-order valence-corrected chi connectivity index (χ0v) is 11.1. The second-order valence-corrected chi connectivity index (χ2v) is 4.63. The van der Waals surface area contributed by atoms with Crippen molar-refractivity contribution in [2.24, 2.45) is 0 Å². The Morgan fingerprint density at radius 3 is 2.71 bits per heavy atom. The van der Waals surface area contributed by atoms with Crippen LogP contribution in [-0.4, -0.2) is 11.7 Å². The molecule has 2 aromatic rings. The van der Waals surface area contributed by atoms with Gasteiger partial charge < -0.3 is 14.3 Å². The maximum atomic E-state index is 9.79. The summed E-state index contributed by atoms with van der Waals surface area (Å²) in [6.45, 7) is 0.104. The predicted molar refractivity (Wildman–Crippen MR) is 68.3 cm³/mol. The molecule has 0 bridgehead atoms. The zero-order chi connectivity index (χ0) is 12.3. The fourth-order valence-electron chi connectivity index (χ4n) is 1.32. The van der Waals surface area contributed by atoms with Crippen LogP contribution in [0.15, 0.2) is 45.3 Å². The second kappa shape index (κ2) is 5.58. The minimum Gasteiger partial charge on any atom is -0.489 e. The number of furan rings is 1. The molecule has 0 amide bonds. The molecule has 2 rings (SSSR count). The maximum absolute atomic E-state index is 9.79. The van der Waals surface area contributed by atoms with Crippen LogP contribution in [0.3, 0.4) is 0 Å². The smallest absolute Gasteiger partial charge is 0.193 e. The van der Waals surface area contributed by atoms with E-state index in [2.05, 4.69) is 15.9 Å². The Morgan fingerprint density at radius 1 is 1.29 bits per heavy atom. The highest BCUT2D eigenvalue weighted by atomic mass is 79.9. The van der Waals surface area contributed by atoms with Crippen molar-refractivity contribution in [2.75, 3.05) is 6.61 Å². The number of halogens is 2. The topological polar surface area (TPSA) is 42.6 Å². The fraction of sp³-hybridized carbons (Fsp3) is 0.167. The summed E-state index contributed by atoms with van der Waals surface area (Å²) in [4.78, 5) is 0. The Bertz CT molecular complexity index is 498. The van der Waals surface area contributed by atoms with E-state index in [0.717, 1.165) is 4.47 Å². The first-order chi connectivity index (χ1) is 8.16. The minimum absolute atomic E-state index is 0.104. The van der Waals surface area contributed by atoms with Gasteiger partial charge in [0.1, 0.15) is 24.2 Å². The Kier molecular flexibility index (Phi) is 4.10. The van der Waals surface area contributed by atoms with Gasteiger partial charge in [-0.15, -0.1) is 0 Å². The minimum atomic E-state index is -0.838. The molecule has 0 aliphatic rings. The van der Waals surface area contributed by atoms with Crippen LogP contribution in [0.1, 0.15) is 11.9 Å². The lowest BCUT2D eigenvalue weighted by atomic mass is 10.3. The molecule has 0 aliphatic heterocycles. The van der Waals surface area contributed by atoms with Crippen molar-refractivity contribution in [2.45, 2.75) is 6.10 Å². The third-order valence-corrected chi connectivity index (χ3v) is 3.01. The lowest BCUT2D eigenvalue weighted by Gasteiger charge is -2.11. The SMILES string of the molecule is OC(COc1ccccc1Br)c1ccc(Cl)o1. The Labute approximate surface area is 112 Å². The average molecular weight is 318 g/mol. The largest absolute Gasteiger partial charge is 0.489 e. The molecule has 1 unspecified atom stereocenters. The highest BCUT2D eigenvalue weighted by Crippen LogP contribution is 2.26. The molecule has 1 aromatic heterocycles. The molecule has 90 valence electrons. The van der Waals surface area contributed by atoms with E-state index < -0.39 is 6.10 Å². The lowest BCUT2D eigenvalue weighted by molar-refractivity contribution is 0.0886. The normalized spacial score (nSPS) is 12.4. The van der Waals surface area contributed by atoms with Gasteiger partial charge >= 0.3 is 0 Å². The Hall–Kier alpha value is -0.970. The molecular weight excluding hydrogens is 307 g/mol. The van der Waals surface area contributed by atoms with E-state index in [-0.39, 0.29) is 11.8 Å². The number of ether oxygens (including phenoxy) is 1. The monoisotopic (exact) mass is 316 g/mol. The molecule has 17 heavy (non-hydrogen) atoms. The van der Waals surface area contributed by atoms with Crippen molar-refractivity contribution < 1.29 is 14.3 Å². The summed E-state index contributed by atoms with van der Waals surface area (Å²) in [6.07, 6.45) is -0.838. The molecule has 0 radical (unpaired) electrons. The molecule has 0 fully saturated rings. The van der Waals surface area contributed by atoms with E-state index in [0.29, 0.717) is 11.5 Å². The van der Waals surface area contributed by atoms with Gasteiger partial charge in [0.15, 0.2) is 5.22 Å². The van der Waals surface area contributed by atoms with Gasteiger partial charge in [-0.2, -0.15) is 0 Å². The zero-order valence-electron chi connectivity index (χ0n) is 8.77. The Balaban J connectivity index is 1.97. The van der Waals surface area contributed by atoms with E-state index >= 15 is 0 Å². The van der Waals surface area contributed by atoms with Gasteiger partial charge in [-0.3, -0.25) is 0 Å². The maximum Gasteiger partial charge on any atom is 0.193 e. The molecule has 3 nitrogen and oxygen atoms in total. The molecule has 5 heteroatoms. The van der Waals surface area contributed by atoms with Gasteiger partial charge in [0.25, 0.3) is 0 Å². The summed E-state index contributed by atoms with van der Waals surface area (Å²) in [7, 11) is 0. The molecule has 1 heterocycles. The van der Waals surface area contributed by atoms with Crippen LogP contribution in [0.4, 0.5) is 0 Å². The quantitative estimate of drug-likeness (QED) is 0.932. The second-order valence-electron chi connectivity index (χ2n) is 3.40. The van der Waals surface area contributed by atoms with Gasteiger partial charge in [-0.1, -0.05) is 12.1 Å². The average Bonchev–Trinajstić information content (AvgIpc) is 2.74. The first-order valence-corrected chi connectivity index (χ1v) is 6.14. The van der Waals surface area contributed by atoms with Crippen LogP contribution in [0.2, 0.25) is 5.22 Å². The van der Waals surface area contributed by atoms with Gasteiger partial charge in [0.05, 0.1) is 4.47 Å². The number of rotatable bonds is 4. The van der Waals surface area contributed by atoms with E-state index in [9.17, 15) is 5.11 Å². The summed E-state index contributed by atoms with van der Waals surface area (Å²) in [5.74, 6) is 1.06. The van der Waals surface area contributed by atoms with Crippen molar-refractivity contribution in [3.05, 3.63) is 51.9 Å². The number of aliphatic hydroxyl groups excluding tert-OH is 1. The first kappa shape index (κ1) is 12.5. The highest BCUT2D eigenvalue weighted by Gasteiger charge is 2.13. The van der Waals surface area contributed by atoms with Gasteiger partial charge in [0, 0.05) is 0 Å². The van der Waals surface area contributed by atoms with Crippen LogP contribution in [0, 0.1) is 0 Å². The molecule has 0 saturated carbocycles. The van der Waals surface area contributed by atoms with Gasteiger partial charge in [-0.05, 0) is 51.8 Å². The molecule has 0 aliphatic carbocycles. The van der Waals surface area contributed by atoms with Crippen molar-refractivity contribution in [3.8, 4) is 5.75 Å². The fourth-order valence-corrected chi connectivity index (χ4v) is 1.87. The number of para-hydroxylation sites is 1. The third kappa shape index (κ3) is 3.25. The lowest BCUT2D eigenvalue weighted by Crippen LogP contribution is -2.09. The third-order valence-electron chi connectivity index (χ3n) is 2.16. The number of aliphatic hydroxyl groups is 1. The molecule has 0 saturated heterocycles. The van der Waals surface area contributed by atoms with Crippen LogP contribution in [-0.2, 0) is 0 Å². The number of benzene rings is 1. The molecule has 1 aromatic carbocycles. The summed E-state index contributed by atoms with van der Waals surface area (Å²) in [6, 6.07) is 10.6. The van der Waals surface area contributed by atoms with Crippen molar-refractivity contribution in [1.29, 1.82) is 0 Å². The summed E-state index contributed by atoms with van der Waals surface area (Å²) in [5.41, 5.74) is 0. The standard InChI is InChI=1S/C12H10BrClO3/c13-8-3-1-2-4-10(8)16-7-9(15)11-5-6-12(14)17-11/h1-6,9,15H,7H2. The number of hydrogen-bond donors (Lipinski definition) is 1. The highest BCUT2D eigenvalue weighted by molar-refractivity contribution is 9.10. The summed E-state index contributed by atoms with van der Waals surface area (Å²) in [5, 5.41) is 10.0. The molecule has 0 spiro atoms. The van der Waals surface area contributed by atoms with E-state index in [1.807, 2.05) is 24.3 Å². The molecular formula is C12H10BrClO3. The van der Waals surface area contributed by atoms with Crippen molar-refractivity contribution >= 4 is 27.5 Å². The van der Waals surface area contributed by atoms with Gasteiger partial charge in [-0.25, -0.2) is 0 Å². The van der Waals surface area contributed by atoms with E-state index in [4.69, 9.17) is 20.8 Å². The van der Waals surface area contributed by atoms with Crippen LogP contribution in [0.25, 0.3) is 0 Å².